The maximum absolute atomic E-state index is 12.4. The summed E-state index contributed by atoms with van der Waals surface area (Å²) in [6.07, 6.45) is 2.65. The molecule has 1 heterocycles. The number of nitrogens with one attached hydrogen (secondary N) is 1. The second-order valence-electron chi connectivity index (χ2n) is 8.84. The molecule has 0 radical (unpaired) electrons. The van der Waals surface area contributed by atoms with Crippen molar-refractivity contribution >= 4 is 35.8 Å². The van der Waals surface area contributed by atoms with Gasteiger partial charge in [0.15, 0.2) is 0 Å². The molecule has 3 nitrogen and oxygen atoms in total. The van der Waals surface area contributed by atoms with E-state index in [1.165, 1.54) is 21.9 Å². The molecule has 0 saturated carbocycles. The van der Waals surface area contributed by atoms with Gasteiger partial charge in [0.1, 0.15) is 7.85 Å². The molecule has 1 aromatic heterocycles. The van der Waals surface area contributed by atoms with E-state index in [1.807, 2.05) is 0 Å². The number of fused-ring (bicyclic) bond motifs is 1. The fourth-order valence-electron chi connectivity index (χ4n) is 3.56. The Kier molecular flexibility index (Phi) is 5.19. The predicted molar refractivity (Wildman–Crippen MR) is 118 cm³/mol. The zero-order valence-electron chi connectivity index (χ0n) is 17.3. The van der Waals surface area contributed by atoms with Crippen LogP contribution in [0.4, 0.5) is 5.69 Å². The highest BCUT2D eigenvalue weighted by Crippen LogP contribution is 2.31. The zero-order chi connectivity index (χ0) is 19.8. The van der Waals surface area contributed by atoms with Crippen LogP contribution in [0.5, 0.6) is 0 Å². The molecule has 0 unspecified atom stereocenters. The summed E-state index contributed by atoms with van der Waals surface area (Å²) >= 11 is 0. The molecule has 3 rings (SSSR count). The van der Waals surface area contributed by atoms with Crippen molar-refractivity contribution in [2.24, 2.45) is 5.41 Å². The largest absolute Gasteiger partial charge is 0.343 e. The molecule has 0 spiro atoms. The topological polar surface area (TPSA) is 34.0 Å². The van der Waals surface area contributed by atoms with Gasteiger partial charge in [-0.15, -0.1) is 0 Å². The van der Waals surface area contributed by atoms with Gasteiger partial charge in [-0.3, -0.25) is 4.79 Å². The van der Waals surface area contributed by atoms with Crippen LogP contribution in [0.15, 0.2) is 42.6 Å². The summed E-state index contributed by atoms with van der Waals surface area (Å²) in [5.41, 5.74) is 6.94. The minimum atomic E-state index is -0.0205. The van der Waals surface area contributed by atoms with Crippen LogP contribution in [-0.4, -0.2) is 18.3 Å². The lowest BCUT2D eigenvalue weighted by atomic mass is 9.92. The number of carbonyl (C=O) groups is 1. The minimum Gasteiger partial charge on any atom is -0.343 e. The Hall–Kier alpha value is -2.49. The Bertz CT molecular complexity index is 978. The molecule has 0 saturated heterocycles. The van der Waals surface area contributed by atoms with Gasteiger partial charge in [0.25, 0.3) is 0 Å². The standard InChI is InChI=1S/C23H29BN2O/c1-15-12-20-19(16(2)22(15)25-21(27)13-23(3,4)5)10-11-26(20)14-17-6-8-18(24)9-7-17/h6-12H,13-14,24H2,1-5H3,(H,25,27). The van der Waals surface area contributed by atoms with E-state index in [2.05, 4.69) is 94.9 Å². The fraction of sp³-hybridized carbons (Fsp3) is 0.348. The van der Waals surface area contributed by atoms with Crippen LogP contribution in [0.25, 0.3) is 10.9 Å². The average Bonchev–Trinajstić information content (AvgIpc) is 2.95. The normalized spacial score (nSPS) is 11.7. The van der Waals surface area contributed by atoms with Gasteiger partial charge >= 0.3 is 0 Å². The molecule has 0 aliphatic carbocycles. The van der Waals surface area contributed by atoms with Crippen molar-refractivity contribution < 1.29 is 4.79 Å². The first-order valence-corrected chi connectivity index (χ1v) is 9.58. The third kappa shape index (κ3) is 4.44. The van der Waals surface area contributed by atoms with Crippen LogP contribution >= 0.6 is 0 Å². The lowest BCUT2D eigenvalue weighted by Crippen LogP contribution is -2.20. The molecule has 0 bridgehead atoms. The van der Waals surface area contributed by atoms with E-state index in [0.717, 1.165) is 23.4 Å². The molecule has 4 heteroatoms. The molecule has 3 aromatic rings. The van der Waals surface area contributed by atoms with Gasteiger partial charge in [-0.05, 0) is 48.1 Å². The van der Waals surface area contributed by atoms with Crippen molar-refractivity contribution in [3.8, 4) is 0 Å². The Morgan fingerprint density at radius 2 is 1.78 bits per heavy atom. The maximum Gasteiger partial charge on any atom is 0.224 e. The summed E-state index contributed by atoms with van der Waals surface area (Å²) in [6, 6.07) is 13.0. The summed E-state index contributed by atoms with van der Waals surface area (Å²) < 4.78 is 2.28. The first-order chi connectivity index (χ1) is 12.6. The van der Waals surface area contributed by atoms with Crippen LogP contribution in [0.3, 0.4) is 0 Å². The van der Waals surface area contributed by atoms with Crippen LogP contribution in [0.2, 0.25) is 0 Å². The average molecular weight is 360 g/mol. The van der Waals surface area contributed by atoms with Crippen molar-refractivity contribution in [2.45, 2.75) is 47.6 Å². The number of rotatable bonds is 4. The second-order valence-corrected chi connectivity index (χ2v) is 8.84. The Labute approximate surface area is 163 Å². The van der Waals surface area contributed by atoms with E-state index < -0.39 is 0 Å². The monoisotopic (exact) mass is 360 g/mol. The van der Waals surface area contributed by atoms with Crippen molar-refractivity contribution in [2.75, 3.05) is 5.32 Å². The third-order valence-corrected chi connectivity index (χ3v) is 4.96. The van der Waals surface area contributed by atoms with E-state index in [1.54, 1.807) is 0 Å². The molecule has 1 N–H and O–H groups in total. The number of amides is 1. The van der Waals surface area contributed by atoms with E-state index in [0.29, 0.717) is 6.42 Å². The number of aryl methyl sites for hydroxylation is 2. The summed E-state index contributed by atoms with van der Waals surface area (Å²) in [7, 11) is 2.11. The molecular formula is C23H29BN2O. The van der Waals surface area contributed by atoms with Gasteiger partial charge in [-0.2, -0.15) is 0 Å². The number of anilines is 1. The summed E-state index contributed by atoms with van der Waals surface area (Å²) in [5.74, 6) is 0.0761. The molecule has 2 aromatic carbocycles. The Balaban J connectivity index is 1.92. The van der Waals surface area contributed by atoms with Crippen molar-refractivity contribution in [3.05, 3.63) is 59.3 Å². The number of benzene rings is 2. The SMILES string of the molecule is Bc1ccc(Cn2ccc3c(C)c(NC(=O)CC(C)(C)C)c(C)cc32)cc1. The number of hydrogen-bond acceptors (Lipinski definition) is 1. The molecule has 27 heavy (non-hydrogen) atoms. The van der Waals surface area contributed by atoms with Gasteiger partial charge in [0.05, 0.1) is 0 Å². The first-order valence-electron chi connectivity index (χ1n) is 9.58. The van der Waals surface area contributed by atoms with Crippen molar-refractivity contribution in [1.82, 2.24) is 4.57 Å². The highest BCUT2D eigenvalue weighted by Gasteiger charge is 2.18. The molecule has 0 atom stereocenters. The summed E-state index contributed by atoms with van der Waals surface area (Å²) in [5, 5.41) is 4.34. The number of nitrogens with zero attached hydrogens (tertiary/aromatic N) is 1. The van der Waals surface area contributed by atoms with E-state index in [-0.39, 0.29) is 11.3 Å². The van der Waals surface area contributed by atoms with Gasteiger partial charge in [0.2, 0.25) is 5.91 Å². The zero-order valence-corrected chi connectivity index (χ0v) is 17.3. The molecule has 0 aliphatic heterocycles. The van der Waals surface area contributed by atoms with Gasteiger partial charge < -0.3 is 9.88 Å². The Morgan fingerprint density at radius 3 is 2.41 bits per heavy atom. The molecular weight excluding hydrogens is 331 g/mol. The molecule has 0 fully saturated rings. The molecule has 1 amide bonds. The summed E-state index contributed by atoms with van der Waals surface area (Å²) in [6.45, 7) is 11.3. The van der Waals surface area contributed by atoms with Crippen LogP contribution in [0.1, 0.15) is 43.9 Å². The first kappa shape index (κ1) is 19.3. The smallest absolute Gasteiger partial charge is 0.224 e. The van der Waals surface area contributed by atoms with E-state index >= 15 is 0 Å². The van der Waals surface area contributed by atoms with Crippen molar-refractivity contribution in [1.29, 1.82) is 0 Å². The second kappa shape index (κ2) is 7.26. The highest BCUT2D eigenvalue weighted by atomic mass is 16.1. The molecule has 0 aliphatic rings. The number of hydrogen-bond donors (Lipinski definition) is 1. The predicted octanol–water partition coefficient (Wildman–Crippen LogP) is 3.94. The minimum absolute atomic E-state index is 0.0205. The van der Waals surface area contributed by atoms with Crippen LogP contribution in [0, 0.1) is 19.3 Å². The quantitative estimate of drug-likeness (QED) is 0.703. The highest BCUT2D eigenvalue weighted by molar-refractivity contribution is 6.32. The fourth-order valence-corrected chi connectivity index (χ4v) is 3.56. The third-order valence-electron chi connectivity index (χ3n) is 4.96. The molecule has 140 valence electrons. The number of carbonyl (C=O) groups excluding carboxylic acids is 1. The van der Waals surface area contributed by atoms with E-state index in [9.17, 15) is 4.79 Å². The lowest BCUT2D eigenvalue weighted by Gasteiger charge is -2.19. The van der Waals surface area contributed by atoms with Crippen LogP contribution < -0.4 is 10.8 Å². The van der Waals surface area contributed by atoms with Gasteiger partial charge in [0, 0.05) is 35.8 Å². The summed E-state index contributed by atoms with van der Waals surface area (Å²) in [4.78, 5) is 12.4. The van der Waals surface area contributed by atoms with Gasteiger partial charge in [-0.25, -0.2) is 0 Å². The Morgan fingerprint density at radius 1 is 1.11 bits per heavy atom. The van der Waals surface area contributed by atoms with Crippen LogP contribution in [-0.2, 0) is 11.3 Å². The van der Waals surface area contributed by atoms with E-state index in [4.69, 9.17) is 0 Å². The lowest BCUT2D eigenvalue weighted by molar-refractivity contribution is -0.117. The van der Waals surface area contributed by atoms with Crippen molar-refractivity contribution in [3.63, 3.8) is 0 Å². The maximum atomic E-state index is 12.4. The number of aromatic nitrogens is 1. The van der Waals surface area contributed by atoms with Gasteiger partial charge in [-0.1, -0.05) is 50.5 Å².